The van der Waals surface area contributed by atoms with Crippen LogP contribution in [0.1, 0.15) is 23.7 Å². The predicted octanol–water partition coefficient (Wildman–Crippen LogP) is 3.74. The molecule has 1 aliphatic heterocycles. The summed E-state index contributed by atoms with van der Waals surface area (Å²) in [4.78, 5) is 22.2. The quantitative estimate of drug-likeness (QED) is 0.775. The fraction of sp³-hybridized carbons (Fsp3) is 0.263. The minimum absolute atomic E-state index is 0.0805. The number of amides is 1. The molecule has 0 aliphatic carbocycles. The Hall–Kier alpha value is -2.53. The summed E-state index contributed by atoms with van der Waals surface area (Å²) >= 11 is 6.03. The maximum atomic E-state index is 12.4. The molecule has 128 valence electrons. The molecule has 0 unspecified atom stereocenters. The van der Waals surface area contributed by atoms with Crippen molar-refractivity contribution in [3.63, 3.8) is 0 Å². The average molecular weight is 356 g/mol. The molecule has 1 saturated heterocycles. The molecular formula is C19H18ClN3O2. The molecule has 4 rings (SSSR count). The number of imidazole rings is 1. The van der Waals surface area contributed by atoms with Gasteiger partial charge in [-0.3, -0.25) is 4.79 Å². The first-order chi connectivity index (χ1) is 12.1. The third kappa shape index (κ3) is 3.20. The Morgan fingerprint density at radius 2 is 2.08 bits per heavy atom. The number of halogens is 1. The van der Waals surface area contributed by atoms with Gasteiger partial charge in [0.25, 0.3) is 0 Å². The van der Waals surface area contributed by atoms with E-state index in [1.54, 1.807) is 7.11 Å². The SMILES string of the molecule is COc1ccc(CN2C[C@@H](c3nc4ccc(Cl)cc4[nH]3)CC2=O)cc1. The van der Waals surface area contributed by atoms with E-state index in [0.29, 0.717) is 24.5 Å². The lowest BCUT2D eigenvalue weighted by atomic mass is 10.1. The van der Waals surface area contributed by atoms with Crippen LogP contribution in [0.2, 0.25) is 5.02 Å². The van der Waals surface area contributed by atoms with E-state index in [0.717, 1.165) is 28.2 Å². The van der Waals surface area contributed by atoms with Crippen molar-refractivity contribution in [3.05, 3.63) is 58.9 Å². The summed E-state index contributed by atoms with van der Waals surface area (Å²) < 4.78 is 5.17. The zero-order valence-corrected chi connectivity index (χ0v) is 14.6. The molecule has 1 amide bonds. The fourth-order valence-corrected chi connectivity index (χ4v) is 3.43. The van der Waals surface area contributed by atoms with Gasteiger partial charge >= 0.3 is 0 Å². The van der Waals surface area contributed by atoms with Crippen LogP contribution in [-0.2, 0) is 11.3 Å². The van der Waals surface area contributed by atoms with Gasteiger partial charge in [0.05, 0.1) is 18.1 Å². The summed E-state index contributed by atoms with van der Waals surface area (Å²) in [5, 5.41) is 0.673. The number of aromatic amines is 1. The molecule has 6 heteroatoms. The van der Waals surface area contributed by atoms with Gasteiger partial charge in [-0.05, 0) is 35.9 Å². The van der Waals surface area contributed by atoms with Crippen molar-refractivity contribution in [2.45, 2.75) is 18.9 Å². The number of methoxy groups -OCH3 is 1. The first-order valence-electron chi connectivity index (χ1n) is 8.18. The van der Waals surface area contributed by atoms with Crippen molar-refractivity contribution in [2.75, 3.05) is 13.7 Å². The molecule has 2 aromatic carbocycles. The van der Waals surface area contributed by atoms with E-state index in [1.807, 2.05) is 47.4 Å². The number of fused-ring (bicyclic) bond motifs is 1. The number of H-pyrrole nitrogens is 1. The second-order valence-electron chi connectivity index (χ2n) is 6.31. The maximum absolute atomic E-state index is 12.4. The highest BCUT2D eigenvalue weighted by Gasteiger charge is 2.32. The van der Waals surface area contributed by atoms with E-state index in [9.17, 15) is 4.79 Å². The second-order valence-corrected chi connectivity index (χ2v) is 6.74. The number of benzene rings is 2. The van der Waals surface area contributed by atoms with E-state index in [-0.39, 0.29) is 11.8 Å². The Morgan fingerprint density at radius 1 is 1.28 bits per heavy atom. The Labute approximate surface area is 150 Å². The number of nitrogens with zero attached hydrogens (tertiary/aromatic N) is 2. The van der Waals surface area contributed by atoms with Crippen molar-refractivity contribution in [1.29, 1.82) is 0 Å². The number of likely N-dealkylation sites (tertiary alicyclic amines) is 1. The van der Waals surface area contributed by atoms with Crippen LogP contribution in [0.3, 0.4) is 0 Å². The van der Waals surface area contributed by atoms with Crippen molar-refractivity contribution in [3.8, 4) is 5.75 Å². The Kier molecular flexibility index (Phi) is 4.09. The lowest BCUT2D eigenvalue weighted by Crippen LogP contribution is -2.24. The smallest absolute Gasteiger partial charge is 0.223 e. The molecule has 1 atom stereocenters. The molecule has 0 spiro atoms. The van der Waals surface area contributed by atoms with E-state index in [4.69, 9.17) is 16.3 Å². The van der Waals surface area contributed by atoms with Crippen LogP contribution in [0.25, 0.3) is 11.0 Å². The third-order valence-electron chi connectivity index (χ3n) is 4.60. The van der Waals surface area contributed by atoms with Gasteiger partial charge in [-0.1, -0.05) is 23.7 Å². The molecule has 1 aliphatic rings. The highest BCUT2D eigenvalue weighted by atomic mass is 35.5. The van der Waals surface area contributed by atoms with Crippen molar-refractivity contribution in [1.82, 2.24) is 14.9 Å². The van der Waals surface area contributed by atoms with Crippen molar-refractivity contribution >= 4 is 28.5 Å². The Morgan fingerprint density at radius 3 is 2.84 bits per heavy atom. The number of carbonyl (C=O) groups excluding carboxylic acids is 1. The normalized spacial score (nSPS) is 17.4. The van der Waals surface area contributed by atoms with Crippen LogP contribution in [0.4, 0.5) is 0 Å². The Bertz CT molecular complexity index is 920. The van der Waals surface area contributed by atoms with Gasteiger partial charge in [0.2, 0.25) is 5.91 Å². The largest absolute Gasteiger partial charge is 0.497 e. The van der Waals surface area contributed by atoms with Gasteiger partial charge in [-0.15, -0.1) is 0 Å². The number of hydrogen-bond acceptors (Lipinski definition) is 3. The first kappa shape index (κ1) is 16.0. The monoisotopic (exact) mass is 355 g/mol. The molecule has 3 aromatic rings. The van der Waals surface area contributed by atoms with Gasteiger partial charge in [-0.25, -0.2) is 4.98 Å². The molecule has 0 radical (unpaired) electrons. The molecule has 5 nitrogen and oxygen atoms in total. The fourth-order valence-electron chi connectivity index (χ4n) is 3.25. The lowest BCUT2D eigenvalue weighted by Gasteiger charge is -2.16. The van der Waals surface area contributed by atoms with Crippen LogP contribution in [0, 0.1) is 0 Å². The molecule has 0 saturated carbocycles. The zero-order chi connectivity index (χ0) is 17.4. The van der Waals surface area contributed by atoms with Crippen LogP contribution >= 0.6 is 11.6 Å². The number of carbonyl (C=O) groups is 1. The van der Waals surface area contributed by atoms with Gasteiger partial charge < -0.3 is 14.6 Å². The highest BCUT2D eigenvalue weighted by Crippen LogP contribution is 2.29. The van der Waals surface area contributed by atoms with Crippen molar-refractivity contribution < 1.29 is 9.53 Å². The summed E-state index contributed by atoms with van der Waals surface area (Å²) in [6.07, 6.45) is 0.476. The zero-order valence-electron chi connectivity index (χ0n) is 13.8. The van der Waals surface area contributed by atoms with Crippen LogP contribution in [-0.4, -0.2) is 34.4 Å². The number of hydrogen-bond donors (Lipinski definition) is 1. The molecule has 1 aromatic heterocycles. The summed E-state index contributed by atoms with van der Waals surface area (Å²) in [7, 11) is 1.64. The van der Waals surface area contributed by atoms with Crippen molar-refractivity contribution in [2.24, 2.45) is 0 Å². The summed E-state index contributed by atoms with van der Waals surface area (Å²) in [5.41, 5.74) is 2.87. The van der Waals surface area contributed by atoms with Crippen LogP contribution in [0.5, 0.6) is 5.75 Å². The maximum Gasteiger partial charge on any atom is 0.223 e. The lowest BCUT2D eigenvalue weighted by molar-refractivity contribution is -0.128. The van der Waals surface area contributed by atoms with Crippen LogP contribution < -0.4 is 4.74 Å². The second kappa shape index (κ2) is 6.41. The molecule has 25 heavy (non-hydrogen) atoms. The minimum atomic E-state index is 0.0805. The molecule has 1 fully saturated rings. The van der Waals surface area contributed by atoms with E-state index in [1.165, 1.54) is 0 Å². The van der Waals surface area contributed by atoms with Gasteiger partial charge in [0.1, 0.15) is 11.6 Å². The average Bonchev–Trinajstić information content (AvgIpc) is 3.19. The number of nitrogens with one attached hydrogen (secondary N) is 1. The minimum Gasteiger partial charge on any atom is -0.497 e. The number of ether oxygens (including phenoxy) is 1. The van der Waals surface area contributed by atoms with E-state index >= 15 is 0 Å². The number of aromatic nitrogens is 2. The standard InChI is InChI=1S/C19H18ClN3O2/c1-25-15-5-2-12(3-6-15)10-23-11-13(8-18(23)24)19-21-16-7-4-14(20)9-17(16)22-19/h2-7,9,13H,8,10-11H2,1H3,(H,21,22)/t13-/m0/s1. The van der Waals surface area contributed by atoms with E-state index < -0.39 is 0 Å². The summed E-state index contributed by atoms with van der Waals surface area (Å²) in [5.74, 6) is 1.90. The molecule has 0 bridgehead atoms. The third-order valence-corrected chi connectivity index (χ3v) is 4.83. The van der Waals surface area contributed by atoms with Gasteiger partial charge in [0.15, 0.2) is 0 Å². The van der Waals surface area contributed by atoms with Gasteiger partial charge in [0, 0.05) is 30.5 Å². The van der Waals surface area contributed by atoms with E-state index in [2.05, 4.69) is 9.97 Å². The Balaban J connectivity index is 1.50. The summed E-state index contributed by atoms with van der Waals surface area (Å²) in [6, 6.07) is 13.4. The number of rotatable bonds is 4. The predicted molar refractivity (Wildman–Crippen MR) is 96.9 cm³/mol. The molecular weight excluding hydrogens is 338 g/mol. The molecule has 1 N–H and O–H groups in total. The topological polar surface area (TPSA) is 58.2 Å². The highest BCUT2D eigenvalue weighted by molar-refractivity contribution is 6.31. The van der Waals surface area contributed by atoms with Crippen LogP contribution in [0.15, 0.2) is 42.5 Å². The summed E-state index contributed by atoms with van der Waals surface area (Å²) in [6.45, 7) is 1.27. The first-order valence-corrected chi connectivity index (χ1v) is 8.56. The van der Waals surface area contributed by atoms with Gasteiger partial charge in [-0.2, -0.15) is 0 Å². The molecule has 2 heterocycles.